The van der Waals surface area contributed by atoms with Crippen LogP contribution in [-0.2, 0) is 0 Å². The van der Waals surface area contributed by atoms with Gasteiger partial charge in [0.1, 0.15) is 22.3 Å². The molecule has 3 heterocycles. The van der Waals surface area contributed by atoms with E-state index in [1.807, 2.05) is 12.1 Å². The van der Waals surface area contributed by atoms with Gasteiger partial charge in [0.05, 0.1) is 22.1 Å². The number of aromatic nitrogens is 1. The zero-order valence-corrected chi connectivity index (χ0v) is 25.0. The predicted octanol–water partition coefficient (Wildman–Crippen LogP) is 12.5. The van der Waals surface area contributed by atoms with E-state index in [9.17, 15) is 0 Å². The Morgan fingerprint density at radius 3 is 1.89 bits per heavy atom. The third-order valence-electron chi connectivity index (χ3n) is 10.5. The molecule has 1 aliphatic rings. The van der Waals surface area contributed by atoms with E-state index in [1.165, 1.54) is 60.4 Å². The molecule has 3 aromatic heterocycles. The lowest BCUT2D eigenvalue weighted by molar-refractivity contribution is 0.669. The summed E-state index contributed by atoms with van der Waals surface area (Å²) >= 11 is 0. The van der Waals surface area contributed by atoms with Gasteiger partial charge >= 0.3 is 0 Å². The predicted molar refractivity (Wildman–Crippen MR) is 195 cm³/mol. The molecule has 3 heteroatoms. The zero-order valence-electron chi connectivity index (χ0n) is 25.0. The summed E-state index contributed by atoms with van der Waals surface area (Å²) in [6, 6.07) is 50.3. The van der Waals surface area contributed by atoms with Gasteiger partial charge in [-0.05, 0) is 75.5 Å². The molecule has 8 aromatic carbocycles. The van der Waals surface area contributed by atoms with Crippen LogP contribution in [0.2, 0.25) is 0 Å². The largest absolute Gasteiger partial charge is 0.456 e. The Balaban J connectivity index is 1.23. The maximum absolute atomic E-state index is 6.90. The number of hydrogen-bond acceptors (Lipinski definition) is 2. The Morgan fingerprint density at radius 2 is 1.02 bits per heavy atom. The van der Waals surface area contributed by atoms with Gasteiger partial charge in [0.15, 0.2) is 0 Å². The summed E-state index contributed by atoms with van der Waals surface area (Å²) in [6.45, 7) is 0. The molecule has 0 amide bonds. The minimum atomic E-state index is 0.887. The van der Waals surface area contributed by atoms with Gasteiger partial charge in [-0.3, -0.25) is 0 Å². The van der Waals surface area contributed by atoms with Crippen LogP contribution >= 0.6 is 0 Å². The summed E-state index contributed by atoms with van der Waals surface area (Å²) in [7, 11) is 0. The number of rotatable bonds is 1. The van der Waals surface area contributed by atoms with Crippen molar-refractivity contribution < 1.29 is 8.83 Å². The van der Waals surface area contributed by atoms with Crippen molar-refractivity contribution in [2.45, 2.75) is 0 Å². The van der Waals surface area contributed by atoms with E-state index < -0.39 is 0 Å². The van der Waals surface area contributed by atoms with Crippen LogP contribution in [0.4, 0.5) is 0 Å². The molecule has 0 bridgehead atoms. The molecule has 0 atom stereocenters. The minimum absolute atomic E-state index is 0.887. The van der Waals surface area contributed by atoms with Gasteiger partial charge in [-0.1, -0.05) is 97.1 Å². The van der Waals surface area contributed by atoms with Crippen molar-refractivity contribution in [3.05, 3.63) is 140 Å². The summed E-state index contributed by atoms with van der Waals surface area (Å²) in [4.78, 5) is 0. The molecular formula is C44H23NO2. The Bertz CT molecular complexity index is 3160. The summed E-state index contributed by atoms with van der Waals surface area (Å²) in [6.07, 6.45) is 0. The maximum atomic E-state index is 6.90. The van der Waals surface area contributed by atoms with Crippen LogP contribution in [0.3, 0.4) is 0 Å². The topological polar surface area (TPSA) is 31.2 Å². The smallest absolute Gasteiger partial charge is 0.145 e. The van der Waals surface area contributed by atoms with Crippen molar-refractivity contribution in [1.82, 2.24) is 4.57 Å². The van der Waals surface area contributed by atoms with Crippen LogP contribution in [0.5, 0.6) is 0 Å². The monoisotopic (exact) mass is 597 g/mol. The lowest BCUT2D eigenvalue weighted by Crippen LogP contribution is -1.95. The molecule has 0 unspecified atom stereocenters. The number of nitrogens with zero attached hydrogens (tertiary/aromatic N) is 1. The average molecular weight is 598 g/mol. The molecule has 0 fully saturated rings. The first-order valence-electron chi connectivity index (χ1n) is 16.1. The SMILES string of the molecule is c1ccc2c(c1)-c1cccc3c(-n4c5ccccc5c5c6oc7ccc8ccc9oc%10ccccc%10c9c8c7c6ccc54)ccc-2c13. The van der Waals surface area contributed by atoms with Crippen molar-refractivity contribution in [2.24, 2.45) is 0 Å². The number of furan rings is 2. The molecule has 47 heavy (non-hydrogen) atoms. The van der Waals surface area contributed by atoms with Crippen LogP contribution in [0.15, 0.2) is 148 Å². The van der Waals surface area contributed by atoms with Crippen molar-refractivity contribution in [1.29, 1.82) is 0 Å². The number of fused-ring (bicyclic) bond motifs is 16. The van der Waals surface area contributed by atoms with Crippen LogP contribution in [0.25, 0.3) is 115 Å². The van der Waals surface area contributed by atoms with E-state index in [2.05, 4.69) is 132 Å². The van der Waals surface area contributed by atoms with E-state index in [0.29, 0.717) is 0 Å². The summed E-state index contributed by atoms with van der Waals surface area (Å²) in [5.74, 6) is 0. The molecule has 1 aliphatic carbocycles. The lowest BCUT2D eigenvalue weighted by Gasteiger charge is -2.13. The van der Waals surface area contributed by atoms with E-state index in [-0.39, 0.29) is 0 Å². The number of hydrogen-bond donors (Lipinski definition) is 0. The third kappa shape index (κ3) is 2.85. The molecule has 3 nitrogen and oxygen atoms in total. The average Bonchev–Trinajstić information content (AvgIpc) is 3.87. The second-order valence-corrected chi connectivity index (χ2v) is 12.8. The highest BCUT2D eigenvalue weighted by Gasteiger charge is 2.25. The summed E-state index contributed by atoms with van der Waals surface area (Å²) in [5, 5.41) is 11.8. The van der Waals surface area contributed by atoms with Gasteiger partial charge in [0.25, 0.3) is 0 Å². The molecule has 0 N–H and O–H groups in total. The number of benzene rings is 8. The van der Waals surface area contributed by atoms with Gasteiger partial charge < -0.3 is 13.4 Å². The third-order valence-corrected chi connectivity index (χ3v) is 10.5. The molecular weight excluding hydrogens is 574 g/mol. The fourth-order valence-corrected chi connectivity index (χ4v) is 8.65. The normalized spacial score (nSPS) is 12.7. The maximum Gasteiger partial charge on any atom is 0.145 e. The first-order valence-corrected chi connectivity index (χ1v) is 16.1. The molecule has 11 aromatic rings. The molecule has 0 spiro atoms. The summed E-state index contributed by atoms with van der Waals surface area (Å²) in [5.41, 5.74) is 12.3. The molecule has 12 rings (SSSR count). The van der Waals surface area contributed by atoms with Gasteiger partial charge in [-0.2, -0.15) is 0 Å². The van der Waals surface area contributed by atoms with Crippen molar-refractivity contribution in [3.8, 4) is 27.9 Å². The quantitative estimate of drug-likeness (QED) is 0.188. The Hall–Kier alpha value is -6.32. The van der Waals surface area contributed by atoms with E-state index in [4.69, 9.17) is 8.83 Å². The lowest BCUT2D eigenvalue weighted by atomic mass is 9.98. The van der Waals surface area contributed by atoms with Gasteiger partial charge in [0.2, 0.25) is 0 Å². The molecule has 0 saturated heterocycles. The first-order chi connectivity index (χ1) is 23.3. The van der Waals surface area contributed by atoms with Gasteiger partial charge in [0, 0.05) is 37.7 Å². The van der Waals surface area contributed by atoms with Crippen molar-refractivity contribution in [2.75, 3.05) is 0 Å². The van der Waals surface area contributed by atoms with Gasteiger partial charge in [-0.25, -0.2) is 0 Å². The van der Waals surface area contributed by atoms with Crippen LogP contribution < -0.4 is 0 Å². The highest BCUT2D eigenvalue weighted by Crippen LogP contribution is 2.50. The Kier molecular flexibility index (Phi) is 4.22. The fourth-order valence-electron chi connectivity index (χ4n) is 8.65. The minimum Gasteiger partial charge on any atom is -0.456 e. The van der Waals surface area contributed by atoms with Crippen LogP contribution in [0.1, 0.15) is 0 Å². The van der Waals surface area contributed by atoms with Gasteiger partial charge in [-0.15, -0.1) is 0 Å². The Morgan fingerprint density at radius 1 is 0.340 bits per heavy atom. The van der Waals surface area contributed by atoms with E-state index >= 15 is 0 Å². The van der Waals surface area contributed by atoms with Crippen LogP contribution in [-0.4, -0.2) is 4.57 Å². The Labute approximate surface area is 267 Å². The first kappa shape index (κ1) is 24.0. The second-order valence-electron chi connectivity index (χ2n) is 12.8. The summed E-state index contributed by atoms with van der Waals surface area (Å²) < 4.78 is 15.7. The highest BCUT2D eigenvalue weighted by molar-refractivity contribution is 6.34. The zero-order chi connectivity index (χ0) is 30.4. The second kappa shape index (κ2) is 8.28. The molecule has 216 valence electrons. The van der Waals surface area contributed by atoms with E-state index in [1.54, 1.807) is 0 Å². The molecule has 0 aliphatic heterocycles. The molecule has 0 saturated carbocycles. The van der Waals surface area contributed by atoms with Crippen molar-refractivity contribution in [3.63, 3.8) is 0 Å². The standard InChI is InChI=1S/C44H23NO2/c1-2-9-26-25(8-1)27-12-7-13-29-34(20-18-28(26)40(27)29)45-33-14-5-3-10-30(33)41-35(45)21-19-32-43-38(47-44(32)41)23-17-24-16-22-37-42(39(24)43)31-11-4-6-15-36(31)46-37/h1-23H. The number of para-hydroxylation sites is 2. The fraction of sp³-hybridized carbons (Fsp3) is 0. The highest BCUT2D eigenvalue weighted by atomic mass is 16.3. The van der Waals surface area contributed by atoms with Crippen molar-refractivity contribution >= 4 is 87.2 Å². The van der Waals surface area contributed by atoms with E-state index in [0.717, 1.165) is 54.8 Å². The molecule has 0 radical (unpaired) electrons. The van der Waals surface area contributed by atoms with Crippen LogP contribution in [0, 0.1) is 0 Å².